The van der Waals surface area contributed by atoms with Crippen molar-refractivity contribution in [3.63, 3.8) is 0 Å². The van der Waals surface area contributed by atoms with E-state index in [0.29, 0.717) is 6.04 Å². The highest BCUT2D eigenvalue weighted by Gasteiger charge is 2.13. The van der Waals surface area contributed by atoms with Crippen LogP contribution < -0.4 is 5.32 Å². The maximum atomic E-state index is 5.61. The molecule has 1 heterocycles. The summed E-state index contributed by atoms with van der Waals surface area (Å²) in [6.07, 6.45) is 2.35. The van der Waals surface area contributed by atoms with E-state index >= 15 is 0 Å². The van der Waals surface area contributed by atoms with Gasteiger partial charge in [-0.25, -0.2) is 0 Å². The Morgan fingerprint density at radius 2 is 2.12 bits per heavy atom. The Bertz CT molecular complexity index is 309. The quantitative estimate of drug-likeness (QED) is 0.706. The number of rotatable bonds is 8. The van der Waals surface area contributed by atoms with Gasteiger partial charge in [-0.15, -0.1) is 0 Å². The molecule has 1 aromatic heterocycles. The molecule has 0 aromatic carbocycles. The van der Waals surface area contributed by atoms with Crippen molar-refractivity contribution in [1.29, 1.82) is 0 Å². The van der Waals surface area contributed by atoms with Gasteiger partial charge in [-0.3, -0.25) is 4.90 Å². The largest absolute Gasteiger partial charge is 0.465 e. The van der Waals surface area contributed by atoms with Gasteiger partial charge in [-0.2, -0.15) is 0 Å². The van der Waals surface area contributed by atoms with Crippen LogP contribution >= 0.6 is 0 Å². The molecule has 1 aromatic rings. The Morgan fingerprint density at radius 3 is 2.65 bits per heavy atom. The number of aryl methyl sites for hydroxylation is 1. The molecular formula is C14H26N2O. The van der Waals surface area contributed by atoms with Gasteiger partial charge < -0.3 is 9.73 Å². The second-order valence-corrected chi connectivity index (χ2v) is 4.69. The van der Waals surface area contributed by atoms with Crippen molar-refractivity contribution in [3.8, 4) is 0 Å². The maximum absolute atomic E-state index is 5.61. The summed E-state index contributed by atoms with van der Waals surface area (Å²) in [5, 5.41) is 3.49. The molecule has 0 saturated carbocycles. The Morgan fingerprint density at radius 1 is 1.35 bits per heavy atom. The maximum Gasteiger partial charge on any atom is 0.118 e. The summed E-state index contributed by atoms with van der Waals surface area (Å²) in [4.78, 5) is 2.36. The zero-order chi connectivity index (χ0) is 12.7. The standard InChI is InChI=1S/C14H26N2O/c1-5-9-15-10-13(6-2)16(4)11-14-8-7-12(3)17-14/h7-8,13,15H,5-6,9-11H2,1-4H3. The van der Waals surface area contributed by atoms with Crippen molar-refractivity contribution in [2.24, 2.45) is 0 Å². The van der Waals surface area contributed by atoms with Crippen LogP contribution in [0.4, 0.5) is 0 Å². The van der Waals surface area contributed by atoms with Crippen LogP contribution in [-0.2, 0) is 6.54 Å². The Hall–Kier alpha value is -0.800. The molecule has 17 heavy (non-hydrogen) atoms. The number of likely N-dealkylation sites (N-methyl/N-ethyl adjacent to an activating group) is 1. The zero-order valence-corrected chi connectivity index (χ0v) is 11.6. The number of nitrogens with one attached hydrogen (secondary N) is 1. The fraction of sp³-hybridized carbons (Fsp3) is 0.714. The van der Waals surface area contributed by atoms with Crippen molar-refractivity contribution in [1.82, 2.24) is 10.2 Å². The predicted octanol–water partition coefficient (Wildman–Crippen LogP) is 2.80. The summed E-state index contributed by atoms with van der Waals surface area (Å²) in [5.74, 6) is 2.05. The van der Waals surface area contributed by atoms with E-state index in [4.69, 9.17) is 4.42 Å². The van der Waals surface area contributed by atoms with Gasteiger partial charge in [-0.05, 0) is 45.5 Å². The topological polar surface area (TPSA) is 28.4 Å². The van der Waals surface area contributed by atoms with E-state index in [1.165, 1.54) is 6.42 Å². The van der Waals surface area contributed by atoms with E-state index in [0.717, 1.165) is 37.6 Å². The molecule has 0 spiro atoms. The number of furan rings is 1. The Balaban J connectivity index is 2.40. The highest BCUT2D eigenvalue weighted by atomic mass is 16.3. The van der Waals surface area contributed by atoms with E-state index in [1.807, 2.05) is 13.0 Å². The monoisotopic (exact) mass is 238 g/mol. The molecule has 3 heteroatoms. The molecule has 1 atom stereocenters. The number of hydrogen-bond donors (Lipinski definition) is 1. The summed E-state index contributed by atoms with van der Waals surface area (Å²) < 4.78 is 5.61. The van der Waals surface area contributed by atoms with Gasteiger partial charge in [0.05, 0.1) is 6.54 Å². The first-order valence-corrected chi connectivity index (χ1v) is 6.63. The molecule has 0 aliphatic rings. The summed E-state index contributed by atoms with van der Waals surface area (Å²) in [7, 11) is 2.17. The van der Waals surface area contributed by atoms with Crippen LogP contribution in [0.5, 0.6) is 0 Å². The van der Waals surface area contributed by atoms with Gasteiger partial charge in [0.2, 0.25) is 0 Å². The molecule has 0 radical (unpaired) electrons. The zero-order valence-electron chi connectivity index (χ0n) is 11.6. The van der Waals surface area contributed by atoms with Crippen molar-refractivity contribution < 1.29 is 4.42 Å². The first kappa shape index (κ1) is 14.3. The molecule has 0 amide bonds. The average Bonchev–Trinajstić information content (AvgIpc) is 2.70. The fourth-order valence-corrected chi connectivity index (χ4v) is 2.00. The minimum atomic E-state index is 0.576. The second-order valence-electron chi connectivity index (χ2n) is 4.69. The van der Waals surface area contributed by atoms with E-state index in [2.05, 4.69) is 37.2 Å². The summed E-state index contributed by atoms with van der Waals surface area (Å²) in [6, 6.07) is 4.67. The van der Waals surface area contributed by atoms with Gasteiger partial charge in [0.25, 0.3) is 0 Å². The lowest BCUT2D eigenvalue weighted by molar-refractivity contribution is 0.205. The molecule has 0 aliphatic heterocycles. The third kappa shape index (κ3) is 4.92. The van der Waals surface area contributed by atoms with Crippen LogP contribution in [0.1, 0.15) is 38.2 Å². The van der Waals surface area contributed by atoms with Gasteiger partial charge in [0.1, 0.15) is 11.5 Å². The molecule has 0 fully saturated rings. The van der Waals surface area contributed by atoms with Crippen molar-refractivity contribution in [2.75, 3.05) is 20.1 Å². The van der Waals surface area contributed by atoms with Crippen molar-refractivity contribution >= 4 is 0 Å². The molecule has 0 aliphatic carbocycles. The van der Waals surface area contributed by atoms with Crippen LogP contribution in [-0.4, -0.2) is 31.1 Å². The fourth-order valence-electron chi connectivity index (χ4n) is 2.00. The van der Waals surface area contributed by atoms with Crippen LogP contribution in [0.2, 0.25) is 0 Å². The highest BCUT2D eigenvalue weighted by molar-refractivity contribution is 5.05. The van der Waals surface area contributed by atoms with E-state index < -0.39 is 0 Å². The number of nitrogens with zero attached hydrogens (tertiary/aromatic N) is 1. The minimum Gasteiger partial charge on any atom is -0.465 e. The molecule has 1 N–H and O–H groups in total. The third-order valence-electron chi connectivity index (χ3n) is 3.10. The molecule has 0 saturated heterocycles. The lowest BCUT2D eigenvalue weighted by atomic mass is 10.2. The first-order valence-electron chi connectivity index (χ1n) is 6.63. The smallest absolute Gasteiger partial charge is 0.118 e. The average molecular weight is 238 g/mol. The van der Waals surface area contributed by atoms with E-state index in [9.17, 15) is 0 Å². The first-order chi connectivity index (χ1) is 8.17. The lowest BCUT2D eigenvalue weighted by Crippen LogP contribution is -2.39. The summed E-state index contributed by atoms with van der Waals surface area (Å²) in [5.41, 5.74) is 0. The molecule has 98 valence electrons. The Labute approximate surface area is 105 Å². The molecule has 3 nitrogen and oxygen atoms in total. The van der Waals surface area contributed by atoms with Gasteiger partial charge in [-0.1, -0.05) is 13.8 Å². The van der Waals surface area contributed by atoms with Crippen LogP contribution in [0.25, 0.3) is 0 Å². The predicted molar refractivity (Wildman–Crippen MR) is 72.2 cm³/mol. The lowest BCUT2D eigenvalue weighted by Gasteiger charge is -2.26. The van der Waals surface area contributed by atoms with Crippen LogP contribution in [0.15, 0.2) is 16.5 Å². The number of hydrogen-bond acceptors (Lipinski definition) is 3. The van der Waals surface area contributed by atoms with E-state index in [-0.39, 0.29) is 0 Å². The molecule has 1 rings (SSSR count). The molecular weight excluding hydrogens is 212 g/mol. The molecule has 0 bridgehead atoms. The minimum absolute atomic E-state index is 0.576. The van der Waals surface area contributed by atoms with Crippen LogP contribution in [0, 0.1) is 6.92 Å². The Kier molecular flexibility index (Phi) is 6.30. The molecule has 1 unspecified atom stereocenters. The van der Waals surface area contributed by atoms with Gasteiger partial charge in [0, 0.05) is 12.6 Å². The van der Waals surface area contributed by atoms with Crippen molar-refractivity contribution in [2.45, 2.75) is 46.2 Å². The van der Waals surface area contributed by atoms with Crippen molar-refractivity contribution in [3.05, 3.63) is 23.7 Å². The summed E-state index contributed by atoms with van der Waals surface area (Å²) in [6.45, 7) is 9.47. The highest BCUT2D eigenvalue weighted by Crippen LogP contribution is 2.11. The summed E-state index contributed by atoms with van der Waals surface area (Å²) >= 11 is 0. The normalized spacial score (nSPS) is 13.2. The second kappa shape index (κ2) is 7.51. The van der Waals surface area contributed by atoms with Crippen LogP contribution in [0.3, 0.4) is 0 Å². The SMILES string of the molecule is CCCNCC(CC)N(C)Cc1ccc(C)o1. The third-order valence-corrected chi connectivity index (χ3v) is 3.10. The van der Waals surface area contributed by atoms with Gasteiger partial charge >= 0.3 is 0 Å². The van der Waals surface area contributed by atoms with E-state index in [1.54, 1.807) is 0 Å². The van der Waals surface area contributed by atoms with Gasteiger partial charge in [0.15, 0.2) is 0 Å².